The van der Waals surface area contributed by atoms with Crippen molar-refractivity contribution in [2.24, 2.45) is 23.7 Å². The summed E-state index contributed by atoms with van der Waals surface area (Å²) in [4.78, 5) is 0. The van der Waals surface area contributed by atoms with Crippen LogP contribution in [-0.2, 0) is 4.74 Å². The van der Waals surface area contributed by atoms with E-state index >= 15 is 0 Å². The molecule has 32 heavy (non-hydrogen) atoms. The van der Waals surface area contributed by atoms with Crippen molar-refractivity contribution >= 4 is 0 Å². The largest absolute Gasteiger partial charge is 0.492 e. The maximum atomic E-state index is 5.58. The lowest BCUT2D eigenvalue weighted by Gasteiger charge is -2.39. The van der Waals surface area contributed by atoms with E-state index in [0.717, 1.165) is 23.3 Å². The Balaban J connectivity index is 2.54. The van der Waals surface area contributed by atoms with Crippen molar-refractivity contribution in [3.8, 4) is 0 Å². The number of unbranched alkanes of at least 4 members (excludes halogenated alkanes) is 1. The van der Waals surface area contributed by atoms with Gasteiger partial charge in [-0.05, 0) is 88.7 Å². The second-order valence-electron chi connectivity index (χ2n) is 10.2. The van der Waals surface area contributed by atoms with Crippen molar-refractivity contribution in [2.75, 3.05) is 0 Å². The molecule has 0 spiro atoms. The summed E-state index contributed by atoms with van der Waals surface area (Å²) in [5.74, 6) is 3.60. The van der Waals surface area contributed by atoms with Gasteiger partial charge in [-0.25, -0.2) is 0 Å². The first kappa shape index (κ1) is 28.3. The third-order valence-corrected chi connectivity index (χ3v) is 6.94. The Hall–Kier alpha value is -1.70. The molecule has 1 rings (SSSR count). The van der Waals surface area contributed by atoms with Crippen LogP contribution < -0.4 is 5.32 Å². The lowest BCUT2D eigenvalue weighted by molar-refractivity contribution is 0.163. The first-order valence-corrected chi connectivity index (χ1v) is 13.0. The van der Waals surface area contributed by atoms with E-state index in [1.54, 1.807) is 0 Å². The highest BCUT2D eigenvalue weighted by Gasteiger charge is 2.32. The zero-order valence-electron chi connectivity index (χ0n) is 22.1. The molecule has 2 nitrogen and oxygen atoms in total. The van der Waals surface area contributed by atoms with E-state index in [1.165, 1.54) is 50.5 Å². The van der Waals surface area contributed by atoms with Gasteiger partial charge in [-0.3, -0.25) is 0 Å². The maximum Gasteiger partial charge on any atom is 0.114 e. The van der Waals surface area contributed by atoms with E-state index in [1.807, 2.05) is 26.0 Å². The SMILES string of the molecule is C=C(/C=C\C(C)OC(=C)C)NC1CC(C)C(C/C=C(C)/C=C/C(CC)CCCC)CC1C. The highest BCUT2D eigenvalue weighted by molar-refractivity contribution is 5.18. The molecule has 1 aliphatic carbocycles. The molecule has 0 aromatic heterocycles. The average Bonchev–Trinajstić information content (AvgIpc) is 2.73. The number of rotatable bonds is 14. The molecule has 6 atom stereocenters. The molecule has 182 valence electrons. The Bertz CT molecular complexity index is 656. The molecule has 0 bridgehead atoms. The third kappa shape index (κ3) is 11.2. The van der Waals surface area contributed by atoms with Crippen LogP contribution in [0.5, 0.6) is 0 Å². The third-order valence-electron chi connectivity index (χ3n) is 6.94. The van der Waals surface area contributed by atoms with Crippen molar-refractivity contribution in [3.05, 3.63) is 60.6 Å². The van der Waals surface area contributed by atoms with Gasteiger partial charge in [0.05, 0.1) is 5.76 Å². The lowest BCUT2D eigenvalue weighted by atomic mass is 9.71. The summed E-state index contributed by atoms with van der Waals surface area (Å²) < 4.78 is 5.58. The fourth-order valence-corrected chi connectivity index (χ4v) is 4.72. The predicted octanol–water partition coefficient (Wildman–Crippen LogP) is 8.74. The van der Waals surface area contributed by atoms with Crippen LogP contribution >= 0.6 is 0 Å². The van der Waals surface area contributed by atoms with E-state index in [2.05, 4.69) is 71.3 Å². The van der Waals surface area contributed by atoms with E-state index in [9.17, 15) is 0 Å². The molecule has 1 N–H and O–H groups in total. The van der Waals surface area contributed by atoms with E-state index < -0.39 is 0 Å². The van der Waals surface area contributed by atoms with E-state index in [0.29, 0.717) is 17.9 Å². The summed E-state index contributed by atoms with van der Waals surface area (Å²) >= 11 is 0. The first-order chi connectivity index (χ1) is 15.2. The van der Waals surface area contributed by atoms with Crippen LogP contribution in [-0.4, -0.2) is 12.1 Å². The number of allylic oxidation sites excluding steroid dienone is 6. The second-order valence-corrected chi connectivity index (χ2v) is 10.2. The van der Waals surface area contributed by atoms with E-state index in [4.69, 9.17) is 4.74 Å². The van der Waals surface area contributed by atoms with Crippen LogP contribution in [0.3, 0.4) is 0 Å². The van der Waals surface area contributed by atoms with Gasteiger partial charge in [0.2, 0.25) is 0 Å². The molecule has 6 unspecified atom stereocenters. The molecule has 0 aliphatic heterocycles. The minimum Gasteiger partial charge on any atom is -0.492 e. The Morgan fingerprint density at radius 1 is 1.06 bits per heavy atom. The first-order valence-electron chi connectivity index (χ1n) is 13.0. The van der Waals surface area contributed by atoms with Gasteiger partial charge in [0.1, 0.15) is 6.10 Å². The topological polar surface area (TPSA) is 21.3 Å². The maximum absolute atomic E-state index is 5.58. The molecule has 0 radical (unpaired) electrons. The Kier molecular flexibility index (Phi) is 13.5. The smallest absolute Gasteiger partial charge is 0.114 e. The molecule has 0 saturated heterocycles. The second kappa shape index (κ2) is 15.2. The van der Waals surface area contributed by atoms with Gasteiger partial charge in [0, 0.05) is 11.7 Å². The molecule has 1 saturated carbocycles. The van der Waals surface area contributed by atoms with Gasteiger partial charge in [0.15, 0.2) is 0 Å². The molecule has 1 fully saturated rings. The van der Waals surface area contributed by atoms with E-state index in [-0.39, 0.29) is 6.10 Å². The van der Waals surface area contributed by atoms with Crippen LogP contribution in [0.1, 0.15) is 93.4 Å². The summed E-state index contributed by atoms with van der Waals surface area (Å²) in [6.07, 6.45) is 20.2. The van der Waals surface area contributed by atoms with Crippen molar-refractivity contribution in [2.45, 2.75) is 106 Å². The quantitative estimate of drug-likeness (QED) is 0.215. The molecule has 0 aromatic carbocycles. The van der Waals surface area contributed by atoms with Gasteiger partial charge >= 0.3 is 0 Å². The Morgan fingerprint density at radius 2 is 1.78 bits per heavy atom. The number of hydrogen-bond acceptors (Lipinski definition) is 2. The summed E-state index contributed by atoms with van der Waals surface area (Å²) in [6.45, 7) is 23.6. The lowest BCUT2D eigenvalue weighted by Crippen LogP contribution is -2.41. The molecule has 0 aromatic rings. The van der Waals surface area contributed by atoms with Crippen LogP contribution in [0.15, 0.2) is 60.6 Å². The van der Waals surface area contributed by atoms with Crippen LogP contribution in [0.25, 0.3) is 0 Å². The number of nitrogens with one attached hydrogen (secondary N) is 1. The van der Waals surface area contributed by atoms with Gasteiger partial charge in [-0.2, -0.15) is 0 Å². The Morgan fingerprint density at radius 3 is 2.41 bits per heavy atom. The zero-order valence-corrected chi connectivity index (χ0v) is 22.1. The highest BCUT2D eigenvalue weighted by Crippen LogP contribution is 2.36. The molecule has 1 aliphatic rings. The monoisotopic (exact) mass is 441 g/mol. The average molecular weight is 442 g/mol. The van der Waals surface area contributed by atoms with Crippen LogP contribution in [0, 0.1) is 23.7 Å². The summed E-state index contributed by atoms with van der Waals surface area (Å²) in [5, 5.41) is 3.66. The van der Waals surface area contributed by atoms with Crippen molar-refractivity contribution < 1.29 is 4.74 Å². The Labute approximate surface area is 200 Å². The molecule has 0 heterocycles. The van der Waals surface area contributed by atoms with Crippen molar-refractivity contribution in [1.29, 1.82) is 0 Å². The van der Waals surface area contributed by atoms with Crippen LogP contribution in [0.2, 0.25) is 0 Å². The van der Waals surface area contributed by atoms with Gasteiger partial charge < -0.3 is 10.1 Å². The molecule has 0 amide bonds. The van der Waals surface area contributed by atoms with Gasteiger partial charge in [0.25, 0.3) is 0 Å². The highest BCUT2D eigenvalue weighted by atomic mass is 16.5. The number of hydrogen-bond donors (Lipinski definition) is 1. The fraction of sp³-hybridized carbons (Fsp3) is 0.667. The molecular formula is C30H51NO. The summed E-state index contributed by atoms with van der Waals surface area (Å²) in [5.41, 5.74) is 2.39. The number of ether oxygens (including phenoxy) is 1. The minimum atomic E-state index is 0.0152. The summed E-state index contributed by atoms with van der Waals surface area (Å²) in [6, 6.07) is 0.490. The minimum absolute atomic E-state index is 0.0152. The standard InChI is InChI=1S/C30H51NO/c1-10-12-13-28(11-2)18-14-23(5)15-19-29-20-25(7)30(21-24(29)6)31-26(8)16-17-27(9)32-22(3)4/h14-18,24-25,27-31H,3,8,10-13,19-21H2,1-2,4-7,9H3/b17-16-,18-14+,23-15+. The van der Waals surface area contributed by atoms with Crippen molar-refractivity contribution in [3.63, 3.8) is 0 Å². The fourth-order valence-electron chi connectivity index (χ4n) is 4.72. The predicted molar refractivity (Wildman–Crippen MR) is 142 cm³/mol. The van der Waals surface area contributed by atoms with Crippen LogP contribution in [0.4, 0.5) is 0 Å². The molecular weight excluding hydrogens is 390 g/mol. The molecule has 2 heteroatoms. The normalized spacial score (nSPS) is 26.3. The van der Waals surface area contributed by atoms with Gasteiger partial charge in [-0.1, -0.05) is 77.5 Å². The summed E-state index contributed by atoms with van der Waals surface area (Å²) in [7, 11) is 0. The zero-order chi connectivity index (χ0) is 24.1. The van der Waals surface area contributed by atoms with Gasteiger partial charge in [-0.15, -0.1) is 0 Å². The van der Waals surface area contributed by atoms with Crippen molar-refractivity contribution in [1.82, 2.24) is 5.32 Å².